The quantitative estimate of drug-likeness (QED) is 0.394. The van der Waals surface area contributed by atoms with E-state index >= 15 is 0 Å². The van der Waals surface area contributed by atoms with Gasteiger partial charge in [-0.25, -0.2) is 4.98 Å². The van der Waals surface area contributed by atoms with Crippen LogP contribution in [0.25, 0.3) is 0 Å². The summed E-state index contributed by atoms with van der Waals surface area (Å²) in [5.41, 5.74) is 0. The van der Waals surface area contributed by atoms with Crippen LogP contribution in [0.2, 0.25) is 0 Å². The van der Waals surface area contributed by atoms with Gasteiger partial charge in [0.05, 0.1) is 6.04 Å². The van der Waals surface area contributed by atoms with Crippen molar-refractivity contribution in [2.75, 3.05) is 18.1 Å². The monoisotopic (exact) mass is 230 g/mol. The molecule has 0 aliphatic carbocycles. The first kappa shape index (κ1) is 11.5. The third kappa shape index (κ3) is 1.84. The first-order valence-electron chi connectivity index (χ1n) is 4.92. The zero-order chi connectivity index (χ0) is 9.54. The van der Waals surface area contributed by atoms with Crippen LogP contribution in [-0.2, 0) is 12.6 Å². The molecule has 0 radical (unpaired) electrons. The molecule has 2 aliphatic heterocycles. The Morgan fingerprint density at radius 1 is 1.53 bits per heavy atom. The minimum atomic E-state index is 0. The van der Waals surface area contributed by atoms with Crippen molar-refractivity contribution in [2.24, 2.45) is 0 Å². The standard InChI is InChI=1S/C10H12N2OS.Na/c14-8-3-4-11-10-9(8)13-6-7-2-1-5-12(7)10;/h3-4,7H,1-2,5-6H2,(H,11,14);/q;+1/p-1/t7-;/m0./s1. The number of anilines is 1. The van der Waals surface area contributed by atoms with Gasteiger partial charge in [0.2, 0.25) is 0 Å². The molecule has 15 heavy (non-hydrogen) atoms. The van der Waals surface area contributed by atoms with Crippen LogP contribution in [0.1, 0.15) is 12.8 Å². The van der Waals surface area contributed by atoms with E-state index in [1.807, 2.05) is 6.07 Å². The molecule has 0 spiro atoms. The van der Waals surface area contributed by atoms with Crippen LogP contribution in [0.5, 0.6) is 5.75 Å². The maximum atomic E-state index is 5.66. The third-order valence-corrected chi connectivity index (χ3v) is 3.24. The molecule has 3 heterocycles. The van der Waals surface area contributed by atoms with E-state index in [1.54, 1.807) is 6.20 Å². The second-order valence-electron chi connectivity index (χ2n) is 3.76. The van der Waals surface area contributed by atoms with Crippen molar-refractivity contribution in [2.45, 2.75) is 23.8 Å². The average molecular weight is 230 g/mol. The number of rotatable bonds is 0. The van der Waals surface area contributed by atoms with Crippen LogP contribution >= 0.6 is 0 Å². The van der Waals surface area contributed by atoms with E-state index in [9.17, 15) is 0 Å². The van der Waals surface area contributed by atoms with Crippen LogP contribution in [0, 0.1) is 0 Å². The number of aromatic nitrogens is 1. The average Bonchev–Trinajstić information content (AvgIpc) is 2.66. The molecule has 74 valence electrons. The summed E-state index contributed by atoms with van der Waals surface area (Å²) in [4.78, 5) is 7.46. The van der Waals surface area contributed by atoms with Gasteiger partial charge in [-0.3, -0.25) is 0 Å². The maximum absolute atomic E-state index is 5.66. The summed E-state index contributed by atoms with van der Waals surface area (Å²) in [6.45, 7) is 1.86. The summed E-state index contributed by atoms with van der Waals surface area (Å²) < 4.78 is 5.66. The van der Waals surface area contributed by atoms with Crippen molar-refractivity contribution in [3.05, 3.63) is 12.3 Å². The Morgan fingerprint density at radius 2 is 2.40 bits per heavy atom. The number of nitrogens with zero attached hydrogens (tertiary/aromatic N) is 2. The zero-order valence-corrected chi connectivity index (χ0v) is 11.6. The molecule has 0 unspecified atom stereocenters. The van der Waals surface area contributed by atoms with Crippen LogP contribution in [0.3, 0.4) is 0 Å². The Bertz CT molecular complexity index is 374. The first-order valence-corrected chi connectivity index (χ1v) is 5.32. The molecule has 0 bridgehead atoms. The summed E-state index contributed by atoms with van der Waals surface area (Å²) in [6, 6.07) is 2.34. The smallest absolute Gasteiger partial charge is 0.776 e. The summed E-state index contributed by atoms with van der Waals surface area (Å²) in [5, 5.41) is 0. The number of hydrogen-bond acceptors (Lipinski definition) is 4. The van der Waals surface area contributed by atoms with E-state index in [-0.39, 0.29) is 29.6 Å². The van der Waals surface area contributed by atoms with Gasteiger partial charge in [-0.1, -0.05) is 6.07 Å². The molecule has 0 amide bonds. The largest absolute Gasteiger partial charge is 1.00 e. The normalized spacial score (nSPS) is 22.4. The second kappa shape index (κ2) is 4.45. The van der Waals surface area contributed by atoms with Crippen molar-refractivity contribution in [3.63, 3.8) is 0 Å². The van der Waals surface area contributed by atoms with E-state index in [4.69, 9.17) is 17.4 Å². The molecule has 1 saturated heterocycles. The third-order valence-electron chi connectivity index (χ3n) is 2.92. The molecule has 0 N–H and O–H groups in total. The second-order valence-corrected chi connectivity index (χ2v) is 4.20. The van der Waals surface area contributed by atoms with Crippen molar-refractivity contribution in [1.82, 2.24) is 4.98 Å². The van der Waals surface area contributed by atoms with E-state index in [2.05, 4.69) is 9.88 Å². The van der Waals surface area contributed by atoms with E-state index in [0.717, 1.165) is 29.6 Å². The molecule has 3 rings (SSSR count). The van der Waals surface area contributed by atoms with Crippen molar-refractivity contribution in [1.29, 1.82) is 0 Å². The molecular weight excluding hydrogens is 219 g/mol. The van der Waals surface area contributed by atoms with Gasteiger partial charge in [-0.15, -0.1) is 4.90 Å². The maximum Gasteiger partial charge on any atom is 1.00 e. The van der Waals surface area contributed by atoms with Crippen LogP contribution in [0.15, 0.2) is 17.2 Å². The van der Waals surface area contributed by atoms with E-state index in [1.165, 1.54) is 12.8 Å². The van der Waals surface area contributed by atoms with E-state index < -0.39 is 0 Å². The Kier molecular flexibility index (Phi) is 3.40. The minimum absolute atomic E-state index is 0. The van der Waals surface area contributed by atoms with Gasteiger partial charge in [0.15, 0.2) is 5.82 Å². The number of ether oxygens (including phenoxy) is 1. The molecule has 1 atom stereocenters. The van der Waals surface area contributed by atoms with E-state index in [0.29, 0.717) is 6.04 Å². The summed E-state index contributed by atoms with van der Waals surface area (Å²) in [5.74, 6) is 1.76. The van der Waals surface area contributed by atoms with Gasteiger partial charge in [0.25, 0.3) is 0 Å². The summed E-state index contributed by atoms with van der Waals surface area (Å²) >= 11 is 5.21. The summed E-state index contributed by atoms with van der Waals surface area (Å²) in [6.07, 6.45) is 4.21. The number of hydrogen-bond donors (Lipinski definition) is 0. The van der Waals surface area contributed by atoms with Gasteiger partial charge < -0.3 is 22.3 Å². The molecule has 1 aromatic rings. The Hall–Kier alpha value is -0.0300. The Balaban J connectivity index is 0.000000853. The van der Waals surface area contributed by atoms with Crippen LogP contribution in [-0.4, -0.2) is 24.2 Å². The van der Waals surface area contributed by atoms with Crippen molar-refractivity contribution < 1.29 is 34.3 Å². The summed E-state index contributed by atoms with van der Waals surface area (Å²) in [7, 11) is 0. The molecule has 5 heteroatoms. The first-order chi connectivity index (χ1) is 6.86. The van der Waals surface area contributed by atoms with Crippen molar-refractivity contribution >= 4 is 18.4 Å². The van der Waals surface area contributed by atoms with Crippen LogP contribution < -0.4 is 39.2 Å². The molecule has 3 nitrogen and oxygen atoms in total. The number of fused-ring (bicyclic) bond motifs is 3. The Morgan fingerprint density at radius 3 is 3.27 bits per heavy atom. The van der Waals surface area contributed by atoms with Gasteiger partial charge in [0, 0.05) is 12.7 Å². The van der Waals surface area contributed by atoms with Gasteiger partial charge in [0.1, 0.15) is 12.4 Å². The predicted molar refractivity (Wildman–Crippen MR) is 55.7 cm³/mol. The van der Waals surface area contributed by atoms with Gasteiger partial charge in [-0.05, 0) is 12.8 Å². The van der Waals surface area contributed by atoms with Gasteiger partial charge >= 0.3 is 29.6 Å². The minimum Gasteiger partial charge on any atom is -0.776 e. The van der Waals surface area contributed by atoms with Gasteiger partial charge in [-0.2, -0.15) is 0 Å². The molecule has 0 aromatic carbocycles. The fraction of sp³-hybridized carbons (Fsp3) is 0.500. The molecule has 1 fully saturated rings. The molecular formula is C10H11N2NaOS. The topological polar surface area (TPSA) is 25.4 Å². The molecule has 1 aromatic heterocycles. The SMILES string of the molecule is [Na+].[S-]c1ccnc2c1OC[C@@H]1CCCN21. The van der Waals surface area contributed by atoms with Crippen LogP contribution in [0.4, 0.5) is 5.82 Å². The fourth-order valence-electron chi connectivity index (χ4n) is 2.23. The van der Waals surface area contributed by atoms with Crippen molar-refractivity contribution in [3.8, 4) is 5.75 Å². The number of pyridine rings is 1. The predicted octanol–water partition coefficient (Wildman–Crippen LogP) is -1.65. The molecule has 0 saturated carbocycles. The zero-order valence-electron chi connectivity index (χ0n) is 8.77. The fourth-order valence-corrected chi connectivity index (χ4v) is 2.44. The Labute approximate surface area is 117 Å². The molecule has 2 aliphatic rings.